The molecule has 6 aromatic rings. The molecule has 254 valence electrons. The molecule has 0 fully saturated rings. The maximum Gasteiger partial charge on any atom is 0.300 e. The van der Waals surface area contributed by atoms with Crippen molar-refractivity contribution in [3.05, 3.63) is 179 Å². The van der Waals surface area contributed by atoms with E-state index in [1.165, 1.54) is 65.2 Å². The molecule has 0 atom stereocenters. The minimum absolute atomic E-state index is 0. The minimum atomic E-state index is -0.968. The third-order valence-electron chi connectivity index (χ3n) is 8.49. The largest absolute Gasteiger partial charge is 0.481 e. The zero-order valence-corrected chi connectivity index (χ0v) is 33.1. The van der Waals surface area contributed by atoms with E-state index >= 15 is 0 Å². The zero-order chi connectivity index (χ0) is 34.6. The Balaban J connectivity index is 0.000000235. The first kappa shape index (κ1) is 39.7. The van der Waals surface area contributed by atoms with Crippen molar-refractivity contribution in [1.29, 1.82) is 0 Å². The van der Waals surface area contributed by atoms with Gasteiger partial charge in [-0.1, -0.05) is 109 Å². The molecule has 2 nitrogen and oxygen atoms in total. The summed E-state index contributed by atoms with van der Waals surface area (Å²) in [6.45, 7) is 14.5. The van der Waals surface area contributed by atoms with Crippen LogP contribution >= 0.6 is 15.8 Å². The van der Waals surface area contributed by atoms with E-state index in [0.717, 1.165) is 6.92 Å². The molecule has 0 aliphatic heterocycles. The van der Waals surface area contributed by atoms with Crippen molar-refractivity contribution in [2.45, 2.75) is 48.5 Å². The quantitative estimate of drug-likeness (QED) is 0.137. The SMILES string of the molecule is CC(=O)O.Cc1ccccc1[PH+](c1ccccc1C)c1ccccc1C.Cc1ccccc1[PH+](c1ccccc1C)c1ccccc1C.[Pd]. The van der Waals surface area contributed by atoms with Crippen molar-refractivity contribution in [2.24, 2.45) is 0 Å². The molecule has 0 radical (unpaired) electrons. The molecule has 0 spiro atoms. The maximum atomic E-state index is 9.00. The molecule has 0 aliphatic rings. The average molecular weight is 777 g/mol. The molecule has 0 unspecified atom stereocenters. The molecule has 0 bridgehead atoms. The Kier molecular flexibility index (Phi) is 15.8. The normalized spacial score (nSPS) is 10.3. The molecule has 0 aliphatic carbocycles. The van der Waals surface area contributed by atoms with Crippen LogP contribution in [-0.4, -0.2) is 11.1 Å². The van der Waals surface area contributed by atoms with E-state index in [4.69, 9.17) is 9.90 Å². The van der Waals surface area contributed by atoms with E-state index in [1.807, 2.05) is 0 Å². The smallest absolute Gasteiger partial charge is 0.300 e. The summed E-state index contributed by atoms with van der Waals surface area (Å²) in [6, 6.07) is 53.1. The van der Waals surface area contributed by atoms with Gasteiger partial charge in [0.2, 0.25) is 0 Å². The summed E-state index contributed by atoms with van der Waals surface area (Å²) >= 11 is 0. The first-order valence-corrected chi connectivity index (χ1v) is 19.4. The van der Waals surface area contributed by atoms with Crippen LogP contribution in [0.1, 0.15) is 40.3 Å². The van der Waals surface area contributed by atoms with Gasteiger partial charge in [0, 0.05) is 27.3 Å². The summed E-state index contributed by atoms with van der Waals surface area (Å²) in [5.41, 5.74) is 8.35. The Morgan fingerprint density at radius 1 is 0.367 bits per heavy atom. The molecule has 6 rings (SSSR count). The summed E-state index contributed by atoms with van der Waals surface area (Å²) in [4.78, 5) is 9.00. The Labute approximate surface area is 309 Å². The minimum Gasteiger partial charge on any atom is -0.481 e. The summed E-state index contributed by atoms with van der Waals surface area (Å²) in [5.74, 6) is -0.833. The second-order valence-electron chi connectivity index (χ2n) is 12.2. The molecule has 1 N–H and O–H groups in total. The molecule has 0 saturated heterocycles. The van der Waals surface area contributed by atoms with Crippen LogP contribution in [0.25, 0.3) is 0 Å². The standard InChI is InChI=1S/2C21H21P.C2H4O2.Pd/c2*1-16-10-4-7-13-19(16)22(20-14-8-5-11-17(20)2)21-15-9-6-12-18(21)3;1-2(3)4;/h2*4-15H,1-3H3;1H3,(H,3,4);/p+2. The number of hydrogen-bond acceptors (Lipinski definition) is 1. The van der Waals surface area contributed by atoms with Crippen LogP contribution in [0, 0.1) is 41.5 Å². The van der Waals surface area contributed by atoms with Crippen LogP contribution in [0.2, 0.25) is 0 Å². The Morgan fingerprint density at radius 3 is 0.612 bits per heavy atom. The van der Waals surface area contributed by atoms with Crippen LogP contribution in [0.5, 0.6) is 0 Å². The summed E-state index contributed by atoms with van der Waals surface area (Å²) in [7, 11) is -1.94. The van der Waals surface area contributed by atoms with Gasteiger partial charge in [0.1, 0.15) is 31.8 Å². The van der Waals surface area contributed by atoms with Gasteiger partial charge in [0.25, 0.3) is 5.97 Å². The molecule has 0 amide bonds. The van der Waals surface area contributed by atoms with Gasteiger partial charge < -0.3 is 5.11 Å². The van der Waals surface area contributed by atoms with Crippen LogP contribution < -0.4 is 31.8 Å². The molecular formula is C44H48O2P2Pd+2. The topological polar surface area (TPSA) is 37.3 Å². The Hall–Kier alpha value is -3.69. The number of carboxylic acid groups (broad SMARTS) is 1. The molecule has 49 heavy (non-hydrogen) atoms. The average Bonchev–Trinajstić information content (AvgIpc) is 3.06. The van der Waals surface area contributed by atoms with Gasteiger partial charge in [-0.05, 0) is 111 Å². The van der Waals surface area contributed by atoms with Gasteiger partial charge in [0.05, 0.1) is 15.8 Å². The first-order chi connectivity index (χ1) is 23.1. The number of carbonyl (C=O) groups is 1. The monoisotopic (exact) mass is 776 g/mol. The van der Waals surface area contributed by atoms with E-state index in [0.29, 0.717) is 0 Å². The number of carboxylic acids is 1. The fourth-order valence-electron chi connectivity index (χ4n) is 5.99. The van der Waals surface area contributed by atoms with Crippen LogP contribution in [0.3, 0.4) is 0 Å². The van der Waals surface area contributed by atoms with Crippen LogP contribution in [-0.2, 0) is 25.2 Å². The van der Waals surface area contributed by atoms with Crippen molar-refractivity contribution in [3.8, 4) is 0 Å². The van der Waals surface area contributed by atoms with Gasteiger partial charge >= 0.3 is 0 Å². The first-order valence-electron chi connectivity index (χ1n) is 16.4. The second kappa shape index (κ2) is 19.5. The summed E-state index contributed by atoms with van der Waals surface area (Å²) < 4.78 is 0. The number of aryl methyl sites for hydroxylation is 6. The fourth-order valence-corrected chi connectivity index (χ4v) is 12.2. The third kappa shape index (κ3) is 10.6. The molecule has 0 aromatic heterocycles. The van der Waals surface area contributed by atoms with E-state index in [-0.39, 0.29) is 20.4 Å². The maximum absolute atomic E-state index is 9.00. The van der Waals surface area contributed by atoms with Crippen molar-refractivity contribution < 1.29 is 30.3 Å². The predicted octanol–water partition coefficient (Wildman–Crippen LogP) is 8.29. The fraction of sp³-hybridized carbons (Fsp3) is 0.159. The third-order valence-corrected chi connectivity index (χ3v) is 15.1. The molecule has 0 heterocycles. The number of hydrogen-bond donors (Lipinski definition) is 1. The second-order valence-corrected chi connectivity index (χ2v) is 16.9. The van der Waals surface area contributed by atoms with Crippen molar-refractivity contribution in [1.82, 2.24) is 0 Å². The van der Waals surface area contributed by atoms with Crippen LogP contribution in [0.4, 0.5) is 0 Å². The van der Waals surface area contributed by atoms with E-state index in [2.05, 4.69) is 187 Å². The Morgan fingerprint density at radius 2 is 0.490 bits per heavy atom. The summed E-state index contributed by atoms with van der Waals surface area (Å²) in [6.07, 6.45) is 0. The van der Waals surface area contributed by atoms with Crippen molar-refractivity contribution >= 4 is 53.6 Å². The van der Waals surface area contributed by atoms with Gasteiger partial charge in [-0.2, -0.15) is 0 Å². The van der Waals surface area contributed by atoms with Gasteiger partial charge in [-0.25, -0.2) is 0 Å². The molecule has 6 aromatic carbocycles. The Bertz CT molecular complexity index is 1610. The van der Waals surface area contributed by atoms with E-state index < -0.39 is 21.8 Å². The number of aliphatic carboxylic acids is 1. The van der Waals surface area contributed by atoms with Crippen molar-refractivity contribution in [2.75, 3.05) is 0 Å². The van der Waals surface area contributed by atoms with E-state index in [9.17, 15) is 0 Å². The number of benzene rings is 6. The van der Waals surface area contributed by atoms with Crippen molar-refractivity contribution in [3.63, 3.8) is 0 Å². The summed E-state index contributed by atoms with van der Waals surface area (Å²) in [5, 5.41) is 16.4. The van der Waals surface area contributed by atoms with Gasteiger partial charge in [-0.15, -0.1) is 0 Å². The number of rotatable bonds is 6. The van der Waals surface area contributed by atoms with Gasteiger partial charge in [-0.3, -0.25) is 4.79 Å². The van der Waals surface area contributed by atoms with E-state index in [1.54, 1.807) is 0 Å². The molecule has 5 heteroatoms. The molecule has 0 saturated carbocycles. The zero-order valence-electron chi connectivity index (χ0n) is 29.5. The van der Waals surface area contributed by atoms with Gasteiger partial charge in [0.15, 0.2) is 0 Å². The van der Waals surface area contributed by atoms with Crippen LogP contribution in [0.15, 0.2) is 146 Å². The predicted molar refractivity (Wildman–Crippen MR) is 215 cm³/mol. The molecular weight excluding hydrogens is 729 g/mol.